The molecule has 1 aromatic rings. The minimum Gasteiger partial charge on any atom is -0.369 e. The molecule has 0 saturated carbocycles. The van der Waals surface area contributed by atoms with Gasteiger partial charge in [-0.15, -0.1) is 5.10 Å². The maximum absolute atomic E-state index is 5.14. The first-order valence-electron chi connectivity index (χ1n) is 3.60. The number of nitrogens with two attached hydrogens (primary N) is 2. The number of benzene rings is 1. The summed E-state index contributed by atoms with van der Waals surface area (Å²) in [5, 5.41) is 3.66. The molecule has 0 atom stereocenters. The molecule has 0 fully saturated rings. The smallest absolute Gasteiger partial charge is 0.208 e. The first-order valence-corrected chi connectivity index (χ1v) is 3.60. The zero-order chi connectivity index (χ0) is 8.97. The van der Waals surface area contributed by atoms with Crippen LogP contribution < -0.4 is 16.9 Å². The van der Waals surface area contributed by atoms with E-state index in [1.165, 1.54) is 0 Å². The lowest BCUT2D eigenvalue weighted by Gasteiger charge is -2.00. The van der Waals surface area contributed by atoms with Crippen molar-refractivity contribution >= 4 is 11.6 Å². The summed E-state index contributed by atoms with van der Waals surface area (Å²) in [4.78, 5) is 0. The highest BCUT2D eigenvalue weighted by Crippen LogP contribution is 2.08. The molecular formula is C8H12N4. The summed E-state index contributed by atoms with van der Waals surface area (Å²) in [7, 11) is 0. The lowest BCUT2D eigenvalue weighted by Crippen LogP contribution is -2.23. The van der Waals surface area contributed by atoms with Crippen LogP contribution >= 0.6 is 0 Å². The predicted octanol–water partition coefficient (Wildman–Crippen LogP) is 0.595. The van der Waals surface area contributed by atoms with E-state index >= 15 is 0 Å². The molecule has 0 bridgehead atoms. The highest BCUT2D eigenvalue weighted by Gasteiger charge is 1.88. The molecule has 0 saturated heterocycles. The van der Waals surface area contributed by atoms with E-state index in [1.807, 2.05) is 31.2 Å². The molecule has 12 heavy (non-hydrogen) atoms. The van der Waals surface area contributed by atoms with Crippen LogP contribution in [0.25, 0.3) is 0 Å². The average Bonchev–Trinajstić information content (AvgIpc) is 2.01. The fourth-order valence-corrected chi connectivity index (χ4v) is 0.844. The minimum atomic E-state index is 0.0245. The van der Waals surface area contributed by atoms with Gasteiger partial charge in [0, 0.05) is 0 Å². The molecule has 0 unspecified atom stereocenters. The molecule has 0 radical (unpaired) electrons. The van der Waals surface area contributed by atoms with E-state index in [-0.39, 0.29) is 5.96 Å². The monoisotopic (exact) mass is 164 g/mol. The van der Waals surface area contributed by atoms with Crippen molar-refractivity contribution in [1.29, 1.82) is 0 Å². The second-order valence-electron chi connectivity index (χ2n) is 2.52. The van der Waals surface area contributed by atoms with Crippen LogP contribution in [0.3, 0.4) is 0 Å². The Morgan fingerprint density at radius 2 is 2.17 bits per heavy atom. The van der Waals surface area contributed by atoms with Crippen LogP contribution in [0.15, 0.2) is 29.4 Å². The Morgan fingerprint density at radius 3 is 2.75 bits per heavy atom. The lowest BCUT2D eigenvalue weighted by molar-refractivity contribution is 1.28. The van der Waals surface area contributed by atoms with Gasteiger partial charge in [0.05, 0.1) is 5.69 Å². The van der Waals surface area contributed by atoms with Crippen molar-refractivity contribution in [3.8, 4) is 0 Å². The summed E-state index contributed by atoms with van der Waals surface area (Å²) in [5.41, 5.74) is 15.0. The number of hydrazone groups is 1. The van der Waals surface area contributed by atoms with E-state index in [0.717, 1.165) is 11.3 Å². The topological polar surface area (TPSA) is 76.4 Å². The van der Waals surface area contributed by atoms with Gasteiger partial charge in [0.2, 0.25) is 5.96 Å². The Hall–Kier alpha value is -1.71. The normalized spacial score (nSPS) is 9.08. The highest BCUT2D eigenvalue weighted by molar-refractivity contribution is 5.76. The van der Waals surface area contributed by atoms with Gasteiger partial charge in [-0.1, -0.05) is 12.1 Å². The largest absolute Gasteiger partial charge is 0.369 e. The van der Waals surface area contributed by atoms with Crippen LogP contribution in [0.2, 0.25) is 0 Å². The number of rotatable bonds is 2. The second kappa shape index (κ2) is 3.61. The average molecular weight is 164 g/mol. The van der Waals surface area contributed by atoms with Crippen molar-refractivity contribution in [1.82, 2.24) is 0 Å². The summed E-state index contributed by atoms with van der Waals surface area (Å²) in [6.45, 7) is 2.00. The van der Waals surface area contributed by atoms with Gasteiger partial charge in [0.1, 0.15) is 0 Å². The molecular weight excluding hydrogens is 152 g/mol. The highest BCUT2D eigenvalue weighted by atomic mass is 15.3. The standard InChI is InChI=1S/C8H12N4/c1-6-3-2-4-7(5-6)11-12-8(9)10/h2-5,11H,1H3,(H4,9,10,12). The summed E-state index contributed by atoms with van der Waals surface area (Å²) < 4.78 is 0. The molecule has 5 N–H and O–H groups in total. The third-order valence-electron chi connectivity index (χ3n) is 1.33. The molecule has 0 aliphatic rings. The Labute approximate surface area is 71.3 Å². The van der Waals surface area contributed by atoms with Crippen molar-refractivity contribution in [2.75, 3.05) is 5.43 Å². The van der Waals surface area contributed by atoms with Crippen LogP contribution in [0.5, 0.6) is 0 Å². The van der Waals surface area contributed by atoms with Gasteiger partial charge in [-0.2, -0.15) is 0 Å². The fraction of sp³-hybridized carbons (Fsp3) is 0.125. The molecule has 1 rings (SSSR count). The molecule has 0 spiro atoms. The van der Waals surface area contributed by atoms with Crippen LogP contribution in [0.1, 0.15) is 5.56 Å². The Kier molecular flexibility index (Phi) is 2.53. The van der Waals surface area contributed by atoms with E-state index in [9.17, 15) is 0 Å². The SMILES string of the molecule is Cc1cccc(NN=C(N)N)c1. The Bertz CT molecular complexity index is 289. The van der Waals surface area contributed by atoms with Gasteiger partial charge < -0.3 is 11.5 Å². The van der Waals surface area contributed by atoms with Gasteiger partial charge in [0.15, 0.2) is 0 Å². The third-order valence-corrected chi connectivity index (χ3v) is 1.33. The first-order chi connectivity index (χ1) is 5.68. The molecule has 4 heteroatoms. The molecule has 4 nitrogen and oxygen atoms in total. The van der Waals surface area contributed by atoms with Crippen molar-refractivity contribution in [3.05, 3.63) is 29.8 Å². The number of anilines is 1. The van der Waals surface area contributed by atoms with Crippen molar-refractivity contribution in [2.24, 2.45) is 16.6 Å². The number of hydrogen-bond acceptors (Lipinski definition) is 2. The van der Waals surface area contributed by atoms with E-state index in [4.69, 9.17) is 11.5 Å². The molecule has 0 aliphatic carbocycles. The molecule has 0 aromatic heterocycles. The van der Waals surface area contributed by atoms with Crippen LogP contribution in [0, 0.1) is 6.92 Å². The zero-order valence-corrected chi connectivity index (χ0v) is 6.91. The fourth-order valence-electron chi connectivity index (χ4n) is 0.844. The molecule has 0 aliphatic heterocycles. The second-order valence-corrected chi connectivity index (χ2v) is 2.52. The third kappa shape index (κ3) is 2.49. The Morgan fingerprint density at radius 1 is 1.42 bits per heavy atom. The first kappa shape index (κ1) is 8.39. The number of nitrogens with zero attached hydrogens (tertiary/aromatic N) is 1. The van der Waals surface area contributed by atoms with Crippen molar-refractivity contribution < 1.29 is 0 Å². The lowest BCUT2D eigenvalue weighted by atomic mass is 10.2. The molecule has 1 aromatic carbocycles. The van der Waals surface area contributed by atoms with Gasteiger partial charge in [-0.05, 0) is 24.6 Å². The number of aryl methyl sites for hydroxylation is 1. The van der Waals surface area contributed by atoms with Gasteiger partial charge in [-0.25, -0.2) is 0 Å². The van der Waals surface area contributed by atoms with E-state index in [1.54, 1.807) is 0 Å². The van der Waals surface area contributed by atoms with Gasteiger partial charge in [0.25, 0.3) is 0 Å². The number of guanidine groups is 1. The van der Waals surface area contributed by atoms with Gasteiger partial charge in [-0.3, -0.25) is 5.43 Å². The minimum absolute atomic E-state index is 0.0245. The maximum atomic E-state index is 5.14. The summed E-state index contributed by atoms with van der Waals surface area (Å²) in [6.07, 6.45) is 0. The van der Waals surface area contributed by atoms with Crippen LogP contribution in [0.4, 0.5) is 5.69 Å². The summed E-state index contributed by atoms with van der Waals surface area (Å²) >= 11 is 0. The number of hydrogen-bond donors (Lipinski definition) is 3. The molecule has 0 amide bonds. The maximum Gasteiger partial charge on any atom is 0.208 e. The van der Waals surface area contributed by atoms with Crippen molar-refractivity contribution in [3.63, 3.8) is 0 Å². The zero-order valence-electron chi connectivity index (χ0n) is 6.91. The summed E-state index contributed by atoms with van der Waals surface area (Å²) in [6, 6.07) is 7.77. The van der Waals surface area contributed by atoms with E-state index in [0.29, 0.717) is 0 Å². The van der Waals surface area contributed by atoms with E-state index < -0.39 is 0 Å². The Balaban J connectivity index is 2.70. The predicted molar refractivity (Wildman–Crippen MR) is 50.6 cm³/mol. The quantitative estimate of drug-likeness (QED) is 0.340. The molecule has 0 heterocycles. The van der Waals surface area contributed by atoms with Crippen molar-refractivity contribution in [2.45, 2.75) is 6.92 Å². The summed E-state index contributed by atoms with van der Waals surface area (Å²) in [5.74, 6) is 0.0245. The van der Waals surface area contributed by atoms with Crippen LogP contribution in [-0.4, -0.2) is 5.96 Å². The van der Waals surface area contributed by atoms with Gasteiger partial charge >= 0.3 is 0 Å². The van der Waals surface area contributed by atoms with E-state index in [2.05, 4.69) is 10.5 Å². The van der Waals surface area contributed by atoms with Crippen LogP contribution in [-0.2, 0) is 0 Å². The molecule has 64 valence electrons. The number of nitrogens with one attached hydrogen (secondary N) is 1.